The van der Waals surface area contributed by atoms with Crippen molar-refractivity contribution in [3.63, 3.8) is 0 Å². The van der Waals surface area contributed by atoms with Crippen molar-refractivity contribution in [2.24, 2.45) is 5.92 Å². The summed E-state index contributed by atoms with van der Waals surface area (Å²) in [6, 6.07) is -0.220. The minimum absolute atomic E-state index is 0.00255. The van der Waals surface area contributed by atoms with Gasteiger partial charge in [0, 0.05) is 11.6 Å². The van der Waals surface area contributed by atoms with Gasteiger partial charge in [-0.05, 0) is 5.92 Å². The summed E-state index contributed by atoms with van der Waals surface area (Å²) in [6.07, 6.45) is 0. The van der Waals surface area contributed by atoms with Crippen molar-refractivity contribution in [1.29, 1.82) is 0 Å². The fourth-order valence-electron chi connectivity index (χ4n) is 1.27. The molecule has 1 rings (SSSR count). The fraction of sp³-hybridized carbons (Fsp3) is 0.889. The summed E-state index contributed by atoms with van der Waals surface area (Å²) in [6.45, 7) is 3.97. The lowest BCUT2D eigenvalue weighted by molar-refractivity contribution is -0.123. The summed E-state index contributed by atoms with van der Waals surface area (Å²) in [5.74, 6) is 1.92. The van der Waals surface area contributed by atoms with E-state index in [0.717, 1.165) is 11.6 Å². The van der Waals surface area contributed by atoms with Gasteiger partial charge in [0.05, 0.1) is 18.7 Å². The molecule has 3 N–H and O–H groups in total. The Hall–Kier alpha value is -0.260. The molecule has 2 atom stereocenters. The van der Waals surface area contributed by atoms with Crippen LogP contribution >= 0.6 is 11.8 Å². The topological polar surface area (TPSA) is 61.4 Å². The smallest absolute Gasteiger partial charge is 0.238 e. The molecule has 0 aliphatic carbocycles. The van der Waals surface area contributed by atoms with Crippen LogP contribution in [0, 0.1) is 5.92 Å². The van der Waals surface area contributed by atoms with Crippen LogP contribution in [0.4, 0.5) is 0 Å². The highest BCUT2D eigenvalue weighted by molar-refractivity contribution is 7.99. The highest BCUT2D eigenvalue weighted by Gasteiger charge is 2.25. The van der Waals surface area contributed by atoms with E-state index in [1.54, 1.807) is 11.8 Å². The minimum Gasteiger partial charge on any atom is -0.394 e. The predicted molar refractivity (Wildman–Crippen MR) is 58.1 cm³/mol. The molecule has 4 nitrogen and oxygen atoms in total. The van der Waals surface area contributed by atoms with Gasteiger partial charge in [-0.1, -0.05) is 13.8 Å². The lowest BCUT2D eigenvalue weighted by atomic mass is 10.1. The molecule has 5 heteroatoms. The highest BCUT2D eigenvalue weighted by Crippen LogP contribution is 2.10. The SMILES string of the molecule is CC(C)[C@@H](CO)NC(=O)C1CSCN1. The number of carbonyl (C=O) groups is 1. The fourth-order valence-corrected chi connectivity index (χ4v) is 2.21. The van der Waals surface area contributed by atoms with E-state index in [9.17, 15) is 4.79 Å². The normalized spacial score (nSPS) is 23.9. The summed E-state index contributed by atoms with van der Waals surface area (Å²) in [5.41, 5.74) is 0. The third-order valence-electron chi connectivity index (χ3n) is 2.36. The number of amides is 1. The molecular formula is C9H18N2O2S. The number of nitrogens with one attached hydrogen (secondary N) is 2. The summed E-state index contributed by atoms with van der Waals surface area (Å²) in [5, 5.41) is 15.0. The molecule has 1 heterocycles. The Bertz CT molecular complexity index is 193. The summed E-state index contributed by atoms with van der Waals surface area (Å²) in [4.78, 5) is 11.6. The van der Waals surface area contributed by atoms with Crippen molar-refractivity contribution < 1.29 is 9.90 Å². The van der Waals surface area contributed by atoms with Crippen molar-refractivity contribution in [3.8, 4) is 0 Å². The van der Waals surface area contributed by atoms with Gasteiger partial charge in [-0.2, -0.15) is 0 Å². The Labute approximate surface area is 88.8 Å². The Kier molecular flexibility index (Phi) is 4.71. The standard InChI is InChI=1S/C9H18N2O2S/c1-6(2)7(3-12)11-9(13)8-4-14-5-10-8/h6-8,10,12H,3-5H2,1-2H3,(H,11,13)/t7-,8?/m1/s1. The first-order valence-electron chi connectivity index (χ1n) is 4.87. The first-order valence-corrected chi connectivity index (χ1v) is 6.03. The van der Waals surface area contributed by atoms with Crippen molar-refractivity contribution in [2.75, 3.05) is 18.2 Å². The van der Waals surface area contributed by atoms with Crippen LogP contribution in [0.15, 0.2) is 0 Å². The van der Waals surface area contributed by atoms with E-state index in [1.807, 2.05) is 13.8 Å². The Morgan fingerprint density at radius 1 is 1.71 bits per heavy atom. The van der Waals surface area contributed by atoms with Crippen molar-refractivity contribution in [2.45, 2.75) is 25.9 Å². The van der Waals surface area contributed by atoms with Crippen LogP contribution < -0.4 is 10.6 Å². The number of aliphatic hydroxyl groups excluding tert-OH is 1. The highest BCUT2D eigenvalue weighted by atomic mass is 32.2. The monoisotopic (exact) mass is 218 g/mol. The molecule has 0 radical (unpaired) electrons. The molecule has 0 spiro atoms. The first-order chi connectivity index (χ1) is 6.65. The van der Waals surface area contributed by atoms with E-state index in [2.05, 4.69) is 10.6 Å². The van der Waals surface area contributed by atoms with Gasteiger partial charge in [-0.25, -0.2) is 0 Å². The molecule has 82 valence electrons. The van der Waals surface area contributed by atoms with Crippen LogP contribution in [-0.4, -0.2) is 41.3 Å². The third kappa shape index (κ3) is 3.15. The van der Waals surface area contributed by atoms with Crippen LogP contribution in [0.25, 0.3) is 0 Å². The van der Waals surface area contributed by atoms with Gasteiger partial charge in [-0.15, -0.1) is 11.8 Å². The van der Waals surface area contributed by atoms with Crippen molar-refractivity contribution in [1.82, 2.24) is 10.6 Å². The van der Waals surface area contributed by atoms with E-state index >= 15 is 0 Å². The molecule has 0 aromatic heterocycles. The van der Waals surface area contributed by atoms with E-state index < -0.39 is 0 Å². The zero-order valence-corrected chi connectivity index (χ0v) is 9.43. The summed E-state index contributed by atoms with van der Waals surface area (Å²) >= 11 is 1.72. The van der Waals surface area contributed by atoms with Crippen LogP contribution in [0.2, 0.25) is 0 Å². The quantitative estimate of drug-likeness (QED) is 0.610. The number of aliphatic hydroxyl groups is 1. The van der Waals surface area contributed by atoms with Crippen LogP contribution in [-0.2, 0) is 4.79 Å². The third-order valence-corrected chi connectivity index (χ3v) is 3.30. The minimum atomic E-state index is -0.130. The molecule has 1 aliphatic rings. The molecule has 0 saturated carbocycles. The van der Waals surface area contributed by atoms with Gasteiger partial charge in [0.1, 0.15) is 0 Å². The number of hydrogen-bond acceptors (Lipinski definition) is 4. The average Bonchev–Trinajstić information content (AvgIpc) is 2.65. The molecular weight excluding hydrogens is 200 g/mol. The molecule has 0 aromatic rings. The molecule has 0 aromatic carbocycles. The van der Waals surface area contributed by atoms with Gasteiger partial charge >= 0.3 is 0 Å². The maximum absolute atomic E-state index is 11.6. The van der Waals surface area contributed by atoms with Crippen LogP contribution in [0.1, 0.15) is 13.8 Å². The van der Waals surface area contributed by atoms with Gasteiger partial charge in [0.25, 0.3) is 0 Å². The number of hydrogen-bond donors (Lipinski definition) is 3. The second-order valence-electron chi connectivity index (χ2n) is 3.81. The lowest BCUT2D eigenvalue weighted by Gasteiger charge is -2.21. The number of thioether (sulfide) groups is 1. The second kappa shape index (κ2) is 5.58. The Morgan fingerprint density at radius 2 is 2.43 bits per heavy atom. The molecule has 0 bridgehead atoms. The van der Waals surface area contributed by atoms with E-state index in [4.69, 9.17) is 5.11 Å². The van der Waals surface area contributed by atoms with Crippen LogP contribution in [0.3, 0.4) is 0 Å². The molecule has 1 unspecified atom stereocenters. The molecule has 1 saturated heterocycles. The summed E-state index contributed by atoms with van der Waals surface area (Å²) < 4.78 is 0. The summed E-state index contributed by atoms with van der Waals surface area (Å²) in [7, 11) is 0. The van der Waals surface area contributed by atoms with Gasteiger partial charge in [-0.3, -0.25) is 10.1 Å². The van der Waals surface area contributed by atoms with E-state index in [0.29, 0.717) is 0 Å². The molecule has 1 fully saturated rings. The van der Waals surface area contributed by atoms with Gasteiger partial charge in [0.15, 0.2) is 0 Å². The predicted octanol–water partition coefficient (Wildman–Crippen LogP) is -0.218. The second-order valence-corrected chi connectivity index (χ2v) is 4.84. The van der Waals surface area contributed by atoms with Gasteiger partial charge in [0.2, 0.25) is 5.91 Å². The maximum atomic E-state index is 11.6. The van der Waals surface area contributed by atoms with Gasteiger partial charge < -0.3 is 10.4 Å². The van der Waals surface area contributed by atoms with Crippen molar-refractivity contribution >= 4 is 17.7 Å². The zero-order valence-electron chi connectivity index (χ0n) is 8.62. The van der Waals surface area contributed by atoms with Crippen molar-refractivity contribution in [3.05, 3.63) is 0 Å². The Morgan fingerprint density at radius 3 is 2.86 bits per heavy atom. The van der Waals surface area contributed by atoms with E-state index in [-0.39, 0.29) is 30.5 Å². The average molecular weight is 218 g/mol. The number of rotatable bonds is 4. The lowest BCUT2D eigenvalue weighted by Crippen LogP contribution is -2.49. The first kappa shape index (κ1) is 11.8. The number of carbonyl (C=O) groups excluding carboxylic acids is 1. The molecule has 14 heavy (non-hydrogen) atoms. The van der Waals surface area contributed by atoms with Crippen LogP contribution in [0.5, 0.6) is 0 Å². The maximum Gasteiger partial charge on any atom is 0.238 e. The molecule has 1 aliphatic heterocycles. The largest absolute Gasteiger partial charge is 0.394 e. The zero-order chi connectivity index (χ0) is 10.6. The Balaban J connectivity index is 2.37. The molecule has 1 amide bonds. The van der Waals surface area contributed by atoms with E-state index in [1.165, 1.54) is 0 Å².